The summed E-state index contributed by atoms with van der Waals surface area (Å²) < 4.78 is 0. The van der Waals surface area contributed by atoms with Gasteiger partial charge in [0.25, 0.3) is 0 Å². The molecule has 0 aromatic carbocycles. The van der Waals surface area contributed by atoms with Crippen LogP contribution in [0, 0.1) is 11.8 Å². The number of hydrogen-bond acceptors (Lipinski definition) is 3. The zero-order valence-electron chi connectivity index (χ0n) is 9.73. The molecule has 3 atom stereocenters. The number of carbonyl (C=O) groups excluding carboxylic acids is 1. The van der Waals surface area contributed by atoms with E-state index in [1.54, 1.807) is 0 Å². The average Bonchev–Trinajstić information content (AvgIpc) is 2.38. The van der Waals surface area contributed by atoms with E-state index >= 15 is 0 Å². The molecule has 0 radical (unpaired) electrons. The zero-order chi connectivity index (χ0) is 11.8. The third kappa shape index (κ3) is 1.82. The minimum atomic E-state index is -0.349. The predicted molar refractivity (Wildman–Crippen MR) is 66.7 cm³/mol. The van der Waals surface area contributed by atoms with E-state index in [9.17, 15) is 4.79 Å². The van der Waals surface area contributed by atoms with E-state index < -0.39 is 0 Å². The first-order valence-corrected chi connectivity index (χ1v) is 6.23. The fourth-order valence-electron chi connectivity index (χ4n) is 2.99. The molecule has 17 heavy (non-hydrogen) atoms. The Morgan fingerprint density at radius 1 is 1.53 bits per heavy atom. The number of nitrogens with two attached hydrogens (primary N) is 1. The maximum absolute atomic E-state index is 11.2. The van der Waals surface area contributed by atoms with Gasteiger partial charge in [-0.25, -0.2) is 0 Å². The third-order valence-electron chi connectivity index (χ3n) is 3.88. The molecule has 1 saturated heterocycles. The lowest BCUT2D eigenvalue weighted by molar-refractivity contribution is -0.114. The Morgan fingerprint density at radius 2 is 2.41 bits per heavy atom. The van der Waals surface area contributed by atoms with Crippen LogP contribution in [-0.4, -0.2) is 30.8 Å². The number of aliphatic imine (C=N–C) groups is 1. The van der Waals surface area contributed by atoms with Gasteiger partial charge in [-0.05, 0) is 12.8 Å². The molecular weight excluding hydrogens is 214 g/mol. The smallest absolute Gasteiger partial charge is 0.248 e. The molecule has 3 aliphatic rings. The molecule has 3 unspecified atom stereocenters. The summed E-state index contributed by atoms with van der Waals surface area (Å²) >= 11 is 0. The molecule has 4 nitrogen and oxygen atoms in total. The molecule has 0 saturated carbocycles. The lowest BCUT2D eigenvalue weighted by Crippen LogP contribution is -2.51. The molecule has 2 heterocycles. The summed E-state index contributed by atoms with van der Waals surface area (Å²) in [5.74, 6) is 0.418. The predicted octanol–water partition coefficient (Wildman–Crippen LogP) is 0.407. The van der Waals surface area contributed by atoms with E-state index in [0.717, 1.165) is 13.1 Å². The molecule has 3 N–H and O–H groups in total. The Kier molecular flexibility index (Phi) is 2.59. The van der Waals surface area contributed by atoms with Gasteiger partial charge >= 0.3 is 0 Å². The van der Waals surface area contributed by atoms with Gasteiger partial charge < -0.3 is 11.1 Å². The minimum absolute atomic E-state index is 0.224. The van der Waals surface area contributed by atoms with E-state index in [4.69, 9.17) is 5.73 Å². The van der Waals surface area contributed by atoms with Crippen LogP contribution in [0.2, 0.25) is 0 Å². The van der Waals surface area contributed by atoms with Crippen molar-refractivity contribution in [2.24, 2.45) is 22.6 Å². The maximum atomic E-state index is 11.2. The number of rotatable bonds is 1. The molecule has 2 aliphatic heterocycles. The highest BCUT2D eigenvalue weighted by Gasteiger charge is 2.36. The van der Waals surface area contributed by atoms with Gasteiger partial charge in [-0.1, -0.05) is 18.2 Å². The fraction of sp³-hybridized carbons (Fsp3) is 0.538. The SMILES string of the molecule is NC(=O)C1=CC2C3=NCCCC3CNC2C=C1. The summed E-state index contributed by atoms with van der Waals surface area (Å²) in [6.07, 6.45) is 8.22. The Hall–Kier alpha value is -1.42. The molecule has 90 valence electrons. The lowest BCUT2D eigenvalue weighted by Gasteiger charge is -2.39. The van der Waals surface area contributed by atoms with Crippen LogP contribution >= 0.6 is 0 Å². The molecule has 1 aliphatic carbocycles. The van der Waals surface area contributed by atoms with Gasteiger partial charge in [0.15, 0.2) is 0 Å². The average molecular weight is 231 g/mol. The summed E-state index contributed by atoms with van der Waals surface area (Å²) in [4.78, 5) is 15.9. The molecule has 0 spiro atoms. The second kappa shape index (κ2) is 4.11. The molecule has 1 fully saturated rings. The van der Waals surface area contributed by atoms with Gasteiger partial charge in [-0.15, -0.1) is 0 Å². The van der Waals surface area contributed by atoms with Crippen LogP contribution < -0.4 is 11.1 Å². The minimum Gasteiger partial charge on any atom is -0.366 e. The number of amides is 1. The Labute approximate surface area is 101 Å². The quantitative estimate of drug-likeness (QED) is 0.686. The van der Waals surface area contributed by atoms with Crippen LogP contribution in [0.25, 0.3) is 0 Å². The van der Waals surface area contributed by atoms with Crippen LogP contribution in [0.3, 0.4) is 0 Å². The van der Waals surface area contributed by atoms with Crippen molar-refractivity contribution in [1.29, 1.82) is 0 Å². The molecule has 0 bridgehead atoms. The summed E-state index contributed by atoms with van der Waals surface area (Å²) in [5, 5.41) is 3.52. The summed E-state index contributed by atoms with van der Waals surface area (Å²) in [7, 11) is 0. The van der Waals surface area contributed by atoms with E-state index in [1.165, 1.54) is 18.6 Å². The molecule has 4 heteroatoms. The van der Waals surface area contributed by atoms with Crippen LogP contribution in [-0.2, 0) is 4.79 Å². The second-order valence-electron chi connectivity index (χ2n) is 4.95. The van der Waals surface area contributed by atoms with Crippen molar-refractivity contribution in [2.75, 3.05) is 13.1 Å². The van der Waals surface area contributed by atoms with Crippen LogP contribution in [0.15, 0.2) is 28.8 Å². The van der Waals surface area contributed by atoms with Gasteiger partial charge in [0.1, 0.15) is 0 Å². The third-order valence-corrected chi connectivity index (χ3v) is 3.88. The zero-order valence-corrected chi connectivity index (χ0v) is 9.73. The van der Waals surface area contributed by atoms with Gasteiger partial charge in [0.05, 0.1) is 0 Å². The monoisotopic (exact) mass is 231 g/mol. The van der Waals surface area contributed by atoms with Crippen molar-refractivity contribution >= 4 is 11.6 Å². The van der Waals surface area contributed by atoms with Crippen LogP contribution in [0.4, 0.5) is 0 Å². The highest BCUT2D eigenvalue weighted by Crippen LogP contribution is 2.30. The van der Waals surface area contributed by atoms with Gasteiger partial charge in [-0.3, -0.25) is 9.79 Å². The number of hydrogen-bond donors (Lipinski definition) is 2. The fourth-order valence-corrected chi connectivity index (χ4v) is 2.99. The summed E-state index contributed by atoms with van der Waals surface area (Å²) in [6, 6.07) is 0.284. The van der Waals surface area contributed by atoms with Gasteiger partial charge in [0, 0.05) is 42.3 Å². The van der Waals surface area contributed by atoms with E-state index in [0.29, 0.717) is 11.5 Å². The Balaban J connectivity index is 1.94. The highest BCUT2D eigenvalue weighted by molar-refractivity contribution is 5.99. The normalized spacial score (nSPS) is 35.4. The van der Waals surface area contributed by atoms with Crippen molar-refractivity contribution in [3.63, 3.8) is 0 Å². The first-order valence-electron chi connectivity index (χ1n) is 6.23. The molecule has 0 aromatic rings. The maximum Gasteiger partial charge on any atom is 0.248 e. The largest absolute Gasteiger partial charge is 0.366 e. The standard InChI is InChI=1S/C13H17N3O/c14-13(17)8-3-4-11-10(6-8)12-9(7-16-11)2-1-5-15-12/h3-4,6,9-11,16H,1-2,5,7H2,(H2,14,17). The highest BCUT2D eigenvalue weighted by atomic mass is 16.1. The first kappa shape index (κ1) is 10.7. The van der Waals surface area contributed by atoms with E-state index in [2.05, 4.69) is 10.3 Å². The van der Waals surface area contributed by atoms with Crippen molar-refractivity contribution in [3.05, 3.63) is 23.8 Å². The number of primary amides is 1. The van der Waals surface area contributed by atoms with Gasteiger partial charge in [0.2, 0.25) is 5.91 Å². The lowest BCUT2D eigenvalue weighted by atomic mass is 9.76. The second-order valence-corrected chi connectivity index (χ2v) is 4.95. The topological polar surface area (TPSA) is 67.5 Å². The van der Waals surface area contributed by atoms with Gasteiger partial charge in [-0.2, -0.15) is 0 Å². The number of piperidine rings is 1. The van der Waals surface area contributed by atoms with Crippen molar-refractivity contribution in [3.8, 4) is 0 Å². The first-order chi connectivity index (χ1) is 8.25. The number of fused-ring (bicyclic) bond motifs is 3. The van der Waals surface area contributed by atoms with E-state index in [1.807, 2.05) is 18.2 Å². The van der Waals surface area contributed by atoms with Crippen LogP contribution in [0.1, 0.15) is 12.8 Å². The summed E-state index contributed by atoms with van der Waals surface area (Å²) in [6.45, 7) is 1.93. The summed E-state index contributed by atoms with van der Waals surface area (Å²) in [5.41, 5.74) is 7.22. The van der Waals surface area contributed by atoms with Crippen molar-refractivity contribution in [1.82, 2.24) is 5.32 Å². The van der Waals surface area contributed by atoms with Crippen molar-refractivity contribution in [2.45, 2.75) is 18.9 Å². The van der Waals surface area contributed by atoms with Crippen molar-refractivity contribution < 1.29 is 4.79 Å². The van der Waals surface area contributed by atoms with Crippen LogP contribution in [0.5, 0.6) is 0 Å². The number of nitrogens with zero attached hydrogens (tertiary/aromatic N) is 1. The molecular formula is C13H17N3O. The Bertz CT molecular complexity index is 436. The Morgan fingerprint density at radius 3 is 3.24 bits per heavy atom. The number of nitrogens with one attached hydrogen (secondary N) is 1. The van der Waals surface area contributed by atoms with E-state index in [-0.39, 0.29) is 17.9 Å². The number of carbonyl (C=O) groups is 1. The molecule has 0 aromatic heterocycles. The molecule has 3 rings (SSSR count). The molecule has 1 amide bonds.